The fourth-order valence-corrected chi connectivity index (χ4v) is 2.31. The summed E-state index contributed by atoms with van der Waals surface area (Å²) in [6.45, 7) is 0.412. The first kappa shape index (κ1) is 17.0. The third-order valence-electron chi connectivity index (χ3n) is 3.50. The van der Waals surface area contributed by atoms with Crippen molar-refractivity contribution in [3.05, 3.63) is 65.9 Å². The van der Waals surface area contributed by atoms with Gasteiger partial charge in [0.1, 0.15) is 0 Å². The van der Waals surface area contributed by atoms with Crippen LogP contribution in [0.2, 0.25) is 0 Å². The van der Waals surface area contributed by atoms with Gasteiger partial charge in [0, 0.05) is 24.2 Å². The van der Waals surface area contributed by atoms with Gasteiger partial charge >= 0.3 is 0 Å². The van der Waals surface area contributed by atoms with Crippen molar-refractivity contribution in [2.45, 2.75) is 6.54 Å². The highest BCUT2D eigenvalue weighted by atomic mass is 16.2. The monoisotopic (exact) mass is 352 g/mol. The fourth-order valence-electron chi connectivity index (χ4n) is 2.31. The molecule has 0 aliphatic rings. The van der Waals surface area contributed by atoms with Crippen LogP contribution in [0.15, 0.2) is 49.1 Å². The molecule has 26 heavy (non-hydrogen) atoms. The number of nitrogens with one attached hydrogen (secondary N) is 2. The van der Waals surface area contributed by atoms with Crippen LogP contribution in [0.4, 0.5) is 11.5 Å². The first-order chi connectivity index (χ1) is 12.6. The van der Waals surface area contributed by atoms with Gasteiger partial charge in [-0.25, -0.2) is 15.8 Å². The highest BCUT2D eigenvalue weighted by Gasteiger charge is 2.13. The predicted octanol–water partition coefficient (Wildman–Crippen LogP) is 0.159. The van der Waals surface area contributed by atoms with Gasteiger partial charge in [0.15, 0.2) is 11.5 Å². The molecule has 2 amide bonds. The summed E-state index contributed by atoms with van der Waals surface area (Å²) < 4.78 is 1.62. The highest BCUT2D eigenvalue weighted by molar-refractivity contribution is 6.05. The molecule has 10 heteroatoms. The number of nitrogens with zero attached hydrogens (tertiary/aromatic N) is 4. The Labute approximate surface area is 148 Å². The molecule has 0 spiro atoms. The molecule has 0 atom stereocenters. The van der Waals surface area contributed by atoms with Crippen molar-refractivity contribution in [1.29, 1.82) is 0 Å². The number of carbonyl (C=O) groups excluding carboxylic acids is 2. The molecule has 6 N–H and O–H groups in total. The van der Waals surface area contributed by atoms with Crippen LogP contribution in [0.1, 0.15) is 26.4 Å². The minimum Gasteiger partial charge on any atom is -0.382 e. The van der Waals surface area contributed by atoms with Crippen molar-refractivity contribution in [3.63, 3.8) is 0 Å². The lowest BCUT2D eigenvalue weighted by molar-refractivity contribution is 0.0952. The number of nitrogen functional groups attached to an aromatic ring is 2. The van der Waals surface area contributed by atoms with Crippen LogP contribution in [0, 0.1) is 0 Å². The van der Waals surface area contributed by atoms with Crippen molar-refractivity contribution in [3.8, 4) is 0 Å². The van der Waals surface area contributed by atoms with E-state index in [0.29, 0.717) is 17.8 Å². The van der Waals surface area contributed by atoms with Crippen molar-refractivity contribution >= 4 is 23.3 Å². The van der Waals surface area contributed by atoms with Crippen LogP contribution in [0.3, 0.4) is 0 Å². The number of nitrogens with two attached hydrogens (primary N) is 2. The first-order valence-corrected chi connectivity index (χ1v) is 7.57. The number of amides is 2. The lowest BCUT2D eigenvalue weighted by atomic mass is 10.1. The molecule has 3 aromatic rings. The van der Waals surface area contributed by atoms with E-state index < -0.39 is 5.91 Å². The number of hydrogen-bond acceptors (Lipinski definition) is 7. The second kappa shape index (κ2) is 7.40. The number of hydrazine groups is 1. The van der Waals surface area contributed by atoms with Gasteiger partial charge in [-0.2, -0.15) is 5.10 Å². The second-order valence-corrected chi connectivity index (χ2v) is 5.34. The van der Waals surface area contributed by atoms with Crippen molar-refractivity contribution in [2.24, 2.45) is 5.84 Å². The van der Waals surface area contributed by atoms with Gasteiger partial charge in [-0.1, -0.05) is 12.1 Å². The molecule has 0 unspecified atom stereocenters. The quantitative estimate of drug-likeness (QED) is 0.290. The van der Waals surface area contributed by atoms with Gasteiger partial charge in [-0.05, 0) is 17.7 Å². The van der Waals surface area contributed by atoms with Gasteiger partial charge < -0.3 is 11.1 Å². The van der Waals surface area contributed by atoms with Gasteiger partial charge in [0.25, 0.3) is 11.8 Å². The van der Waals surface area contributed by atoms with E-state index in [0.717, 1.165) is 5.56 Å². The molecular weight excluding hydrogens is 336 g/mol. The minimum absolute atomic E-state index is 0.0424. The van der Waals surface area contributed by atoms with Gasteiger partial charge in [-0.3, -0.25) is 19.7 Å². The number of aromatic nitrogens is 4. The molecule has 0 bridgehead atoms. The van der Waals surface area contributed by atoms with E-state index in [4.69, 9.17) is 11.6 Å². The highest BCUT2D eigenvalue weighted by Crippen LogP contribution is 2.12. The predicted molar refractivity (Wildman–Crippen MR) is 93.8 cm³/mol. The summed E-state index contributed by atoms with van der Waals surface area (Å²) in [4.78, 5) is 31.5. The molecule has 0 saturated carbocycles. The molecule has 1 aromatic carbocycles. The number of hydrogen-bond donors (Lipinski definition) is 4. The average Bonchev–Trinajstić information content (AvgIpc) is 3.08. The topological polar surface area (TPSA) is 154 Å². The first-order valence-electron chi connectivity index (χ1n) is 7.57. The molecule has 0 aliphatic heterocycles. The molecular formula is C16H16N8O2. The zero-order chi connectivity index (χ0) is 18.5. The van der Waals surface area contributed by atoms with Crippen molar-refractivity contribution in [2.75, 3.05) is 11.1 Å². The summed E-state index contributed by atoms with van der Waals surface area (Å²) in [6, 6.07) is 6.98. The minimum atomic E-state index is -0.475. The molecule has 132 valence electrons. The summed E-state index contributed by atoms with van der Waals surface area (Å²) in [5.41, 5.74) is 9.55. The number of rotatable bonds is 5. The summed E-state index contributed by atoms with van der Waals surface area (Å²) in [7, 11) is 0. The van der Waals surface area contributed by atoms with E-state index in [2.05, 4.69) is 25.8 Å². The Kier molecular flexibility index (Phi) is 4.85. The smallest absolute Gasteiger partial charge is 0.278 e. The maximum Gasteiger partial charge on any atom is 0.278 e. The maximum absolute atomic E-state index is 12.2. The van der Waals surface area contributed by atoms with E-state index >= 15 is 0 Å². The lowest BCUT2D eigenvalue weighted by Gasteiger charge is -2.05. The van der Waals surface area contributed by atoms with Crippen molar-refractivity contribution in [1.82, 2.24) is 25.2 Å². The van der Waals surface area contributed by atoms with E-state index in [1.165, 1.54) is 18.6 Å². The lowest BCUT2D eigenvalue weighted by Crippen LogP contribution is -2.30. The van der Waals surface area contributed by atoms with Crippen LogP contribution in [0.25, 0.3) is 0 Å². The number of anilines is 2. The Morgan fingerprint density at radius 1 is 1.15 bits per heavy atom. The zero-order valence-corrected chi connectivity index (χ0v) is 13.6. The molecule has 0 aliphatic carbocycles. The summed E-state index contributed by atoms with van der Waals surface area (Å²) >= 11 is 0. The van der Waals surface area contributed by atoms with E-state index in [1.54, 1.807) is 29.1 Å². The Bertz CT molecular complexity index is 953. The van der Waals surface area contributed by atoms with Gasteiger partial charge in [0.2, 0.25) is 0 Å². The average molecular weight is 352 g/mol. The summed E-state index contributed by atoms with van der Waals surface area (Å²) in [5, 5.41) is 6.84. The molecule has 10 nitrogen and oxygen atoms in total. The third kappa shape index (κ3) is 3.82. The Balaban J connectivity index is 1.70. The third-order valence-corrected chi connectivity index (χ3v) is 3.50. The summed E-state index contributed by atoms with van der Waals surface area (Å²) in [5.74, 6) is 4.34. The van der Waals surface area contributed by atoms with Crippen LogP contribution in [-0.4, -0.2) is 31.6 Å². The van der Waals surface area contributed by atoms with Crippen LogP contribution in [-0.2, 0) is 6.54 Å². The standard InChI is InChI=1S/C16H16N8O2/c17-14-13(19-4-5-20-14)16(26)22-12-7-21-24(9-12)8-10-2-1-3-11(6-10)15(25)23-18/h1-7,9H,8,18H2,(H2,17,20)(H,22,26)(H,23,25). The maximum atomic E-state index is 12.2. The summed E-state index contributed by atoms with van der Waals surface area (Å²) in [6.07, 6.45) is 5.95. The molecule has 0 radical (unpaired) electrons. The van der Waals surface area contributed by atoms with Crippen LogP contribution in [0.5, 0.6) is 0 Å². The zero-order valence-electron chi connectivity index (χ0n) is 13.6. The molecule has 2 aromatic heterocycles. The fraction of sp³-hybridized carbons (Fsp3) is 0.0625. The van der Waals surface area contributed by atoms with Crippen LogP contribution < -0.4 is 22.3 Å². The van der Waals surface area contributed by atoms with E-state index in [9.17, 15) is 9.59 Å². The Morgan fingerprint density at radius 2 is 1.96 bits per heavy atom. The second-order valence-electron chi connectivity index (χ2n) is 5.34. The van der Waals surface area contributed by atoms with Gasteiger partial charge in [-0.15, -0.1) is 0 Å². The van der Waals surface area contributed by atoms with Crippen molar-refractivity contribution < 1.29 is 9.59 Å². The SMILES string of the molecule is NNC(=O)c1cccc(Cn2cc(NC(=O)c3nccnc3N)cn2)c1. The Morgan fingerprint density at radius 3 is 2.73 bits per heavy atom. The van der Waals surface area contributed by atoms with E-state index in [-0.39, 0.29) is 17.4 Å². The number of carbonyl (C=O) groups is 2. The molecule has 3 rings (SSSR count). The Hall–Kier alpha value is -3.79. The largest absolute Gasteiger partial charge is 0.382 e. The van der Waals surface area contributed by atoms with Gasteiger partial charge in [0.05, 0.1) is 18.4 Å². The molecule has 0 saturated heterocycles. The molecule has 2 heterocycles. The normalized spacial score (nSPS) is 10.3. The van der Waals surface area contributed by atoms with Crippen LogP contribution >= 0.6 is 0 Å². The van der Waals surface area contributed by atoms with E-state index in [1.807, 2.05) is 6.07 Å². The number of benzene rings is 1. The molecule has 0 fully saturated rings.